The first kappa shape index (κ1) is 14.3. The van der Waals surface area contributed by atoms with Crippen LogP contribution in [0.3, 0.4) is 0 Å². The fraction of sp³-hybridized carbons (Fsp3) is 0.857. The predicted molar refractivity (Wildman–Crippen MR) is 71.5 cm³/mol. The van der Waals surface area contributed by atoms with Gasteiger partial charge in [-0.2, -0.15) is 0 Å². The first-order chi connectivity index (χ1) is 9.11. The lowest BCUT2D eigenvalue weighted by atomic mass is 9.92. The highest BCUT2D eigenvalue weighted by atomic mass is 16.5. The molecule has 2 saturated heterocycles. The highest BCUT2D eigenvalue weighted by Crippen LogP contribution is 2.23. The van der Waals surface area contributed by atoms with Crippen molar-refractivity contribution in [1.82, 2.24) is 9.80 Å². The van der Waals surface area contributed by atoms with Gasteiger partial charge in [-0.1, -0.05) is 0 Å². The van der Waals surface area contributed by atoms with Crippen LogP contribution in [0.2, 0.25) is 0 Å². The number of esters is 1. The van der Waals surface area contributed by atoms with Crippen molar-refractivity contribution in [2.75, 3.05) is 40.3 Å². The standard InChI is InChI=1S/C14H24N2O3/c1-15-7-3-11(4-8-15)13(17)16-9-5-12(6-10-16)14(18)19-2/h11-12H,3-10H2,1-2H3. The molecule has 1 amide bonds. The summed E-state index contributed by atoms with van der Waals surface area (Å²) in [5, 5.41) is 0. The third-order valence-electron chi connectivity index (χ3n) is 4.41. The van der Waals surface area contributed by atoms with Crippen LogP contribution in [0.4, 0.5) is 0 Å². The third-order valence-corrected chi connectivity index (χ3v) is 4.41. The summed E-state index contributed by atoms with van der Waals surface area (Å²) in [6.07, 6.45) is 3.41. The van der Waals surface area contributed by atoms with Crippen LogP contribution in [0.5, 0.6) is 0 Å². The Balaban J connectivity index is 1.81. The quantitative estimate of drug-likeness (QED) is 0.693. The average molecular weight is 268 g/mol. The summed E-state index contributed by atoms with van der Waals surface area (Å²) in [6.45, 7) is 3.42. The lowest BCUT2D eigenvalue weighted by molar-refractivity contribution is -0.149. The smallest absolute Gasteiger partial charge is 0.308 e. The maximum Gasteiger partial charge on any atom is 0.308 e. The molecule has 0 aromatic rings. The summed E-state index contributed by atoms with van der Waals surface area (Å²) in [5.41, 5.74) is 0. The second-order valence-corrected chi connectivity index (χ2v) is 5.70. The molecule has 0 aromatic heterocycles. The van der Waals surface area contributed by atoms with Crippen molar-refractivity contribution in [2.45, 2.75) is 25.7 Å². The normalized spacial score (nSPS) is 23.4. The molecule has 2 heterocycles. The number of carbonyl (C=O) groups excluding carboxylic acids is 2. The molecule has 108 valence electrons. The zero-order valence-corrected chi connectivity index (χ0v) is 11.9. The molecular weight excluding hydrogens is 244 g/mol. The number of nitrogens with zero attached hydrogens (tertiary/aromatic N) is 2. The first-order valence-corrected chi connectivity index (χ1v) is 7.17. The number of hydrogen-bond acceptors (Lipinski definition) is 4. The monoisotopic (exact) mass is 268 g/mol. The van der Waals surface area contributed by atoms with Crippen LogP contribution in [-0.4, -0.2) is 62.0 Å². The minimum absolute atomic E-state index is 0.0217. The van der Waals surface area contributed by atoms with Crippen LogP contribution < -0.4 is 0 Å². The van der Waals surface area contributed by atoms with Gasteiger partial charge in [0.05, 0.1) is 13.0 Å². The molecule has 19 heavy (non-hydrogen) atoms. The van der Waals surface area contributed by atoms with E-state index in [1.807, 2.05) is 4.90 Å². The highest BCUT2D eigenvalue weighted by molar-refractivity contribution is 5.79. The Morgan fingerprint density at radius 2 is 1.47 bits per heavy atom. The molecule has 0 aromatic carbocycles. The summed E-state index contributed by atoms with van der Waals surface area (Å²) < 4.78 is 4.77. The molecule has 2 rings (SSSR count). The largest absolute Gasteiger partial charge is 0.469 e. The molecule has 0 aliphatic carbocycles. The van der Waals surface area contributed by atoms with Crippen LogP contribution in [0.25, 0.3) is 0 Å². The molecule has 2 aliphatic rings. The number of hydrogen-bond donors (Lipinski definition) is 0. The van der Waals surface area contributed by atoms with Crippen molar-refractivity contribution in [3.05, 3.63) is 0 Å². The minimum atomic E-state index is -0.133. The summed E-state index contributed by atoms with van der Waals surface area (Å²) in [7, 11) is 3.53. The van der Waals surface area contributed by atoms with Gasteiger partial charge in [-0.15, -0.1) is 0 Å². The molecule has 0 spiro atoms. The molecule has 0 bridgehead atoms. The van der Waals surface area contributed by atoms with Crippen LogP contribution in [0.15, 0.2) is 0 Å². The van der Waals surface area contributed by atoms with Gasteiger partial charge in [-0.05, 0) is 45.8 Å². The van der Waals surface area contributed by atoms with E-state index in [0.717, 1.165) is 38.8 Å². The van der Waals surface area contributed by atoms with Gasteiger partial charge >= 0.3 is 5.97 Å². The van der Waals surface area contributed by atoms with Crippen molar-refractivity contribution in [1.29, 1.82) is 0 Å². The molecule has 5 heteroatoms. The topological polar surface area (TPSA) is 49.9 Å². The summed E-state index contributed by atoms with van der Waals surface area (Å²) in [6, 6.07) is 0. The molecular formula is C14H24N2O3. The predicted octanol–water partition coefficient (Wildman–Crippen LogP) is 0.740. The second kappa shape index (κ2) is 6.37. The maximum atomic E-state index is 12.4. The first-order valence-electron chi connectivity index (χ1n) is 7.17. The van der Waals surface area contributed by atoms with Gasteiger partial charge in [-0.25, -0.2) is 0 Å². The van der Waals surface area contributed by atoms with Gasteiger partial charge in [-0.3, -0.25) is 9.59 Å². The van der Waals surface area contributed by atoms with Gasteiger partial charge in [0.1, 0.15) is 0 Å². The van der Waals surface area contributed by atoms with E-state index in [1.54, 1.807) is 0 Å². The number of rotatable bonds is 2. The average Bonchev–Trinajstić information content (AvgIpc) is 2.46. The van der Waals surface area contributed by atoms with Gasteiger partial charge in [0.15, 0.2) is 0 Å². The summed E-state index contributed by atoms with van der Waals surface area (Å²) in [5.74, 6) is 0.320. The van der Waals surface area contributed by atoms with E-state index in [9.17, 15) is 9.59 Å². The van der Waals surface area contributed by atoms with Crippen molar-refractivity contribution >= 4 is 11.9 Å². The SMILES string of the molecule is COC(=O)C1CCN(C(=O)C2CCN(C)CC2)CC1. The van der Waals surface area contributed by atoms with Crippen LogP contribution in [0, 0.1) is 11.8 Å². The Labute approximate surface area is 114 Å². The fourth-order valence-electron chi connectivity index (χ4n) is 3.02. The number of ether oxygens (including phenoxy) is 1. The van der Waals surface area contributed by atoms with Crippen molar-refractivity contribution in [2.24, 2.45) is 11.8 Å². The van der Waals surface area contributed by atoms with Crippen LogP contribution in [0.1, 0.15) is 25.7 Å². The Morgan fingerprint density at radius 3 is 2.00 bits per heavy atom. The molecule has 0 saturated carbocycles. The lowest BCUT2D eigenvalue weighted by Crippen LogP contribution is -2.45. The van der Waals surface area contributed by atoms with E-state index in [0.29, 0.717) is 13.1 Å². The van der Waals surface area contributed by atoms with E-state index >= 15 is 0 Å². The molecule has 0 radical (unpaired) electrons. The van der Waals surface area contributed by atoms with Crippen LogP contribution >= 0.6 is 0 Å². The van der Waals surface area contributed by atoms with Crippen molar-refractivity contribution in [3.8, 4) is 0 Å². The highest BCUT2D eigenvalue weighted by Gasteiger charge is 2.32. The Hall–Kier alpha value is -1.10. The second-order valence-electron chi connectivity index (χ2n) is 5.70. The Kier molecular flexibility index (Phi) is 4.80. The van der Waals surface area contributed by atoms with Gasteiger partial charge < -0.3 is 14.5 Å². The fourth-order valence-corrected chi connectivity index (χ4v) is 3.02. The third kappa shape index (κ3) is 3.47. The number of carbonyl (C=O) groups is 2. The molecule has 2 fully saturated rings. The van der Waals surface area contributed by atoms with E-state index < -0.39 is 0 Å². The van der Waals surface area contributed by atoms with Gasteiger partial charge in [0.2, 0.25) is 5.91 Å². The molecule has 5 nitrogen and oxygen atoms in total. The van der Waals surface area contributed by atoms with Gasteiger partial charge in [0, 0.05) is 19.0 Å². The summed E-state index contributed by atoms with van der Waals surface area (Å²) >= 11 is 0. The van der Waals surface area contributed by atoms with E-state index in [-0.39, 0.29) is 23.7 Å². The Bertz CT molecular complexity index is 330. The van der Waals surface area contributed by atoms with E-state index in [4.69, 9.17) is 4.74 Å². The number of methoxy groups -OCH3 is 1. The minimum Gasteiger partial charge on any atom is -0.469 e. The van der Waals surface area contributed by atoms with E-state index in [2.05, 4.69) is 11.9 Å². The summed E-state index contributed by atoms with van der Waals surface area (Å²) in [4.78, 5) is 28.1. The maximum absolute atomic E-state index is 12.4. The van der Waals surface area contributed by atoms with Crippen LogP contribution in [-0.2, 0) is 14.3 Å². The van der Waals surface area contributed by atoms with Crippen molar-refractivity contribution < 1.29 is 14.3 Å². The van der Waals surface area contributed by atoms with E-state index in [1.165, 1.54) is 7.11 Å². The molecule has 0 unspecified atom stereocenters. The Morgan fingerprint density at radius 1 is 0.947 bits per heavy atom. The number of amides is 1. The molecule has 0 atom stereocenters. The zero-order valence-electron chi connectivity index (χ0n) is 11.9. The zero-order chi connectivity index (χ0) is 13.8. The van der Waals surface area contributed by atoms with Crippen molar-refractivity contribution in [3.63, 3.8) is 0 Å². The lowest BCUT2D eigenvalue weighted by Gasteiger charge is -2.35. The molecule has 0 N–H and O–H groups in total. The number of piperidine rings is 2. The number of likely N-dealkylation sites (tertiary alicyclic amines) is 2. The molecule has 2 aliphatic heterocycles. The van der Waals surface area contributed by atoms with Gasteiger partial charge in [0.25, 0.3) is 0 Å².